The molecule has 96 valence electrons. The lowest BCUT2D eigenvalue weighted by Gasteiger charge is -2.24. The summed E-state index contributed by atoms with van der Waals surface area (Å²) >= 11 is 0. The van der Waals surface area contributed by atoms with Crippen LogP contribution in [0, 0.1) is 0 Å². The Bertz CT molecular complexity index is 191. The monoisotopic (exact) mass is 230 g/mol. The molecule has 0 aliphatic carbocycles. The maximum absolute atomic E-state index is 9.03. The highest BCUT2D eigenvalue weighted by atomic mass is 16.5. The lowest BCUT2D eigenvalue weighted by atomic mass is 9.98. The minimum Gasteiger partial charge on any atom is -0.394 e. The molecule has 1 saturated heterocycles. The fourth-order valence-electron chi connectivity index (χ4n) is 2.06. The van der Waals surface area contributed by atoms with Gasteiger partial charge >= 0.3 is 0 Å². The van der Waals surface area contributed by atoms with Gasteiger partial charge in [-0.15, -0.1) is 0 Å². The van der Waals surface area contributed by atoms with Crippen LogP contribution in [0.3, 0.4) is 0 Å². The van der Waals surface area contributed by atoms with E-state index in [9.17, 15) is 0 Å². The van der Waals surface area contributed by atoms with Gasteiger partial charge in [-0.3, -0.25) is 0 Å². The third-order valence-electron chi connectivity index (χ3n) is 3.19. The molecule has 4 nitrogen and oxygen atoms in total. The minimum absolute atomic E-state index is 0.0580. The van der Waals surface area contributed by atoms with Crippen LogP contribution in [-0.4, -0.2) is 55.0 Å². The summed E-state index contributed by atoms with van der Waals surface area (Å²) in [7, 11) is 2.12. The Morgan fingerprint density at radius 3 is 2.88 bits per heavy atom. The van der Waals surface area contributed by atoms with E-state index in [0.717, 1.165) is 32.5 Å². The van der Waals surface area contributed by atoms with E-state index in [1.54, 1.807) is 0 Å². The van der Waals surface area contributed by atoms with Gasteiger partial charge in [0.1, 0.15) is 0 Å². The molecular weight excluding hydrogens is 204 g/mol. The molecule has 0 spiro atoms. The standard InChI is InChI=1S/C12H26N2O2/c1-12(13,10-15)6-4-7-14(2)9-11-5-3-8-16-11/h11,15H,3-10,13H2,1-2H3. The van der Waals surface area contributed by atoms with E-state index in [1.165, 1.54) is 12.8 Å². The molecule has 3 N–H and O–H groups in total. The molecule has 1 heterocycles. The third kappa shape index (κ3) is 5.25. The average molecular weight is 230 g/mol. The molecule has 16 heavy (non-hydrogen) atoms. The molecule has 2 unspecified atom stereocenters. The van der Waals surface area contributed by atoms with Crippen molar-refractivity contribution in [2.45, 2.75) is 44.2 Å². The summed E-state index contributed by atoms with van der Waals surface area (Å²) in [6.07, 6.45) is 4.70. The van der Waals surface area contributed by atoms with Crippen molar-refractivity contribution in [2.24, 2.45) is 5.73 Å². The second kappa shape index (κ2) is 6.55. The Kier molecular flexibility index (Phi) is 5.69. The summed E-state index contributed by atoms with van der Waals surface area (Å²) < 4.78 is 5.59. The first kappa shape index (κ1) is 13.9. The smallest absolute Gasteiger partial charge is 0.0702 e. The molecule has 0 aromatic rings. The van der Waals surface area contributed by atoms with Crippen LogP contribution >= 0.6 is 0 Å². The van der Waals surface area contributed by atoms with E-state index in [2.05, 4.69) is 11.9 Å². The fourth-order valence-corrected chi connectivity index (χ4v) is 2.06. The van der Waals surface area contributed by atoms with Gasteiger partial charge in [-0.05, 0) is 46.2 Å². The minimum atomic E-state index is -0.426. The number of aliphatic hydroxyl groups is 1. The Morgan fingerprint density at radius 1 is 1.56 bits per heavy atom. The quantitative estimate of drug-likeness (QED) is 0.672. The highest BCUT2D eigenvalue weighted by Gasteiger charge is 2.19. The zero-order valence-electron chi connectivity index (χ0n) is 10.6. The van der Waals surface area contributed by atoms with Gasteiger partial charge in [-0.25, -0.2) is 0 Å². The third-order valence-corrected chi connectivity index (χ3v) is 3.19. The Balaban J connectivity index is 2.07. The predicted molar refractivity (Wildman–Crippen MR) is 65.4 cm³/mol. The van der Waals surface area contributed by atoms with Gasteiger partial charge in [-0.1, -0.05) is 0 Å². The van der Waals surface area contributed by atoms with Crippen molar-refractivity contribution in [1.29, 1.82) is 0 Å². The maximum atomic E-state index is 9.03. The second-order valence-electron chi connectivity index (χ2n) is 5.31. The van der Waals surface area contributed by atoms with Gasteiger partial charge in [0.2, 0.25) is 0 Å². The number of rotatable bonds is 7. The fraction of sp³-hybridized carbons (Fsp3) is 1.00. The number of nitrogens with zero attached hydrogens (tertiary/aromatic N) is 1. The van der Waals surface area contributed by atoms with E-state index < -0.39 is 5.54 Å². The number of hydrogen-bond donors (Lipinski definition) is 2. The van der Waals surface area contributed by atoms with Gasteiger partial charge in [0, 0.05) is 18.7 Å². The molecule has 1 aliphatic rings. The normalized spacial score (nSPS) is 24.9. The van der Waals surface area contributed by atoms with Crippen molar-refractivity contribution >= 4 is 0 Å². The highest BCUT2D eigenvalue weighted by Crippen LogP contribution is 2.13. The van der Waals surface area contributed by atoms with Crippen molar-refractivity contribution in [2.75, 3.05) is 33.4 Å². The average Bonchev–Trinajstić information content (AvgIpc) is 2.70. The molecule has 0 radical (unpaired) electrons. The zero-order chi connectivity index (χ0) is 12.0. The van der Waals surface area contributed by atoms with Crippen LogP contribution in [0.15, 0.2) is 0 Å². The van der Waals surface area contributed by atoms with Crippen molar-refractivity contribution in [3.63, 3.8) is 0 Å². The molecule has 0 amide bonds. The van der Waals surface area contributed by atoms with Gasteiger partial charge in [-0.2, -0.15) is 0 Å². The summed E-state index contributed by atoms with van der Waals surface area (Å²) in [5, 5.41) is 9.03. The molecule has 0 saturated carbocycles. The van der Waals surface area contributed by atoms with Crippen LogP contribution in [0.5, 0.6) is 0 Å². The van der Waals surface area contributed by atoms with E-state index in [1.807, 2.05) is 6.92 Å². The van der Waals surface area contributed by atoms with E-state index in [4.69, 9.17) is 15.6 Å². The number of likely N-dealkylation sites (N-methyl/N-ethyl adjacent to an activating group) is 1. The van der Waals surface area contributed by atoms with Gasteiger partial charge in [0.15, 0.2) is 0 Å². The lowest BCUT2D eigenvalue weighted by Crippen LogP contribution is -2.41. The maximum Gasteiger partial charge on any atom is 0.0702 e. The first-order chi connectivity index (χ1) is 7.53. The molecule has 2 atom stereocenters. The summed E-state index contributed by atoms with van der Waals surface area (Å²) in [5.74, 6) is 0. The Morgan fingerprint density at radius 2 is 2.31 bits per heavy atom. The molecule has 0 aromatic heterocycles. The first-order valence-electron chi connectivity index (χ1n) is 6.23. The molecule has 1 fully saturated rings. The van der Waals surface area contributed by atoms with Crippen LogP contribution in [0.4, 0.5) is 0 Å². The summed E-state index contributed by atoms with van der Waals surface area (Å²) in [6.45, 7) is 4.91. The number of nitrogens with two attached hydrogens (primary N) is 1. The summed E-state index contributed by atoms with van der Waals surface area (Å²) in [4.78, 5) is 2.30. The molecule has 0 bridgehead atoms. The van der Waals surface area contributed by atoms with Crippen molar-refractivity contribution in [1.82, 2.24) is 4.90 Å². The van der Waals surface area contributed by atoms with Gasteiger partial charge in [0.25, 0.3) is 0 Å². The van der Waals surface area contributed by atoms with Crippen LogP contribution in [-0.2, 0) is 4.74 Å². The predicted octanol–water partition coefficient (Wildman–Crippen LogP) is 0.587. The zero-order valence-corrected chi connectivity index (χ0v) is 10.6. The van der Waals surface area contributed by atoms with Crippen LogP contribution in [0.25, 0.3) is 0 Å². The molecule has 1 aliphatic heterocycles. The van der Waals surface area contributed by atoms with Crippen LogP contribution in [0.2, 0.25) is 0 Å². The summed E-state index contributed by atoms with van der Waals surface area (Å²) in [5.41, 5.74) is 5.45. The molecule has 4 heteroatoms. The first-order valence-corrected chi connectivity index (χ1v) is 6.23. The topological polar surface area (TPSA) is 58.7 Å². The number of aliphatic hydroxyl groups excluding tert-OH is 1. The van der Waals surface area contributed by atoms with Crippen LogP contribution < -0.4 is 5.73 Å². The van der Waals surface area contributed by atoms with Crippen molar-refractivity contribution in [3.05, 3.63) is 0 Å². The van der Waals surface area contributed by atoms with Crippen molar-refractivity contribution in [3.8, 4) is 0 Å². The van der Waals surface area contributed by atoms with E-state index >= 15 is 0 Å². The van der Waals surface area contributed by atoms with Gasteiger partial charge in [0.05, 0.1) is 12.7 Å². The van der Waals surface area contributed by atoms with E-state index in [0.29, 0.717) is 6.10 Å². The Hall–Kier alpha value is -0.160. The largest absolute Gasteiger partial charge is 0.394 e. The molecule has 0 aromatic carbocycles. The van der Waals surface area contributed by atoms with E-state index in [-0.39, 0.29) is 6.61 Å². The molecule has 1 rings (SSSR count). The van der Waals surface area contributed by atoms with Crippen molar-refractivity contribution < 1.29 is 9.84 Å². The summed E-state index contributed by atoms with van der Waals surface area (Å²) in [6, 6.07) is 0. The lowest BCUT2D eigenvalue weighted by molar-refractivity contribution is 0.0798. The van der Waals surface area contributed by atoms with Crippen LogP contribution in [0.1, 0.15) is 32.6 Å². The second-order valence-corrected chi connectivity index (χ2v) is 5.31. The van der Waals surface area contributed by atoms with Gasteiger partial charge < -0.3 is 20.5 Å². The highest BCUT2D eigenvalue weighted by molar-refractivity contribution is 4.77. The SMILES string of the molecule is CN(CCCC(C)(N)CO)CC1CCCO1. The molecular formula is C12H26N2O2. The Labute approximate surface area is 98.8 Å². The number of hydrogen-bond acceptors (Lipinski definition) is 4. The number of ether oxygens (including phenoxy) is 1.